The SMILES string of the molecule is CCOC(=O)Cn1c(=NC(=O)Cc2ccc(C)c(C)c2)sc2cc(CC)ccc21. The van der Waals surface area contributed by atoms with E-state index in [9.17, 15) is 9.59 Å². The van der Waals surface area contributed by atoms with Crippen LogP contribution < -0.4 is 4.80 Å². The molecule has 1 aromatic heterocycles. The van der Waals surface area contributed by atoms with Crippen molar-refractivity contribution in [3.8, 4) is 0 Å². The summed E-state index contributed by atoms with van der Waals surface area (Å²) in [5.41, 5.74) is 5.38. The summed E-state index contributed by atoms with van der Waals surface area (Å²) in [5, 5.41) is 0. The monoisotopic (exact) mass is 410 g/mol. The van der Waals surface area contributed by atoms with Crippen molar-refractivity contribution in [1.29, 1.82) is 0 Å². The maximum atomic E-state index is 12.7. The molecule has 29 heavy (non-hydrogen) atoms. The first-order valence-corrected chi connectivity index (χ1v) is 10.6. The van der Waals surface area contributed by atoms with Gasteiger partial charge >= 0.3 is 5.97 Å². The van der Waals surface area contributed by atoms with Gasteiger partial charge in [-0.15, -0.1) is 0 Å². The minimum Gasteiger partial charge on any atom is -0.465 e. The van der Waals surface area contributed by atoms with Gasteiger partial charge in [-0.05, 0) is 61.6 Å². The number of aromatic nitrogens is 1. The highest BCUT2D eigenvalue weighted by atomic mass is 32.1. The Balaban J connectivity index is 1.99. The van der Waals surface area contributed by atoms with Gasteiger partial charge in [-0.3, -0.25) is 9.59 Å². The van der Waals surface area contributed by atoms with Crippen molar-refractivity contribution in [2.45, 2.75) is 47.1 Å². The molecule has 0 saturated heterocycles. The van der Waals surface area contributed by atoms with E-state index < -0.39 is 0 Å². The third-order valence-corrected chi connectivity index (χ3v) is 5.94. The zero-order valence-electron chi connectivity index (χ0n) is 17.3. The quantitative estimate of drug-likeness (QED) is 0.575. The highest BCUT2D eigenvalue weighted by molar-refractivity contribution is 7.16. The summed E-state index contributed by atoms with van der Waals surface area (Å²) in [4.78, 5) is 29.6. The summed E-state index contributed by atoms with van der Waals surface area (Å²) in [7, 11) is 0. The van der Waals surface area contributed by atoms with Crippen LogP contribution in [0.25, 0.3) is 10.2 Å². The smallest absolute Gasteiger partial charge is 0.326 e. The second-order valence-electron chi connectivity index (χ2n) is 7.03. The molecule has 0 aliphatic heterocycles. The van der Waals surface area contributed by atoms with Crippen LogP contribution in [0.3, 0.4) is 0 Å². The van der Waals surface area contributed by atoms with Crippen molar-refractivity contribution in [2.24, 2.45) is 4.99 Å². The fourth-order valence-corrected chi connectivity index (χ4v) is 4.26. The van der Waals surface area contributed by atoms with E-state index in [4.69, 9.17) is 4.74 Å². The van der Waals surface area contributed by atoms with Gasteiger partial charge in [-0.1, -0.05) is 42.5 Å². The lowest BCUT2D eigenvalue weighted by atomic mass is 10.0. The van der Waals surface area contributed by atoms with E-state index in [1.165, 1.54) is 22.5 Å². The highest BCUT2D eigenvalue weighted by Crippen LogP contribution is 2.20. The van der Waals surface area contributed by atoms with Gasteiger partial charge in [0.25, 0.3) is 5.91 Å². The molecule has 2 aromatic carbocycles. The first kappa shape index (κ1) is 21.0. The summed E-state index contributed by atoms with van der Waals surface area (Å²) in [6.45, 7) is 8.31. The van der Waals surface area contributed by atoms with E-state index in [1.807, 2.05) is 44.2 Å². The number of hydrogen-bond donors (Lipinski definition) is 0. The van der Waals surface area contributed by atoms with Crippen LogP contribution in [0.2, 0.25) is 0 Å². The molecule has 3 aromatic rings. The second-order valence-corrected chi connectivity index (χ2v) is 8.04. The largest absolute Gasteiger partial charge is 0.465 e. The number of thiazole rings is 1. The van der Waals surface area contributed by atoms with Crippen molar-refractivity contribution in [1.82, 2.24) is 4.57 Å². The van der Waals surface area contributed by atoms with E-state index in [1.54, 1.807) is 11.5 Å². The van der Waals surface area contributed by atoms with Crippen LogP contribution in [0, 0.1) is 13.8 Å². The predicted octanol–water partition coefficient (Wildman–Crippen LogP) is 4.12. The number of carbonyl (C=O) groups is 2. The van der Waals surface area contributed by atoms with Gasteiger partial charge in [0.15, 0.2) is 4.80 Å². The molecule has 5 nitrogen and oxygen atoms in total. The number of rotatable bonds is 6. The van der Waals surface area contributed by atoms with Crippen molar-refractivity contribution in [3.63, 3.8) is 0 Å². The number of nitrogens with zero attached hydrogens (tertiary/aromatic N) is 2. The number of esters is 1. The fourth-order valence-electron chi connectivity index (χ4n) is 3.15. The molecule has 1 amide bonds. The zero-order chi connectivity index (χ0) is 21.0. The molecule has 6 heteroatoms. The van der Waals surface area contributed by atoms with Crippen LogP contribution in [-0.4, -0.2) is 23.1 Å². The lowest BCUT2D eigenvalue weighted by Gasteiger charge is -2.06. The number of hydrogen-bond acceptors (Lipinski definition) is 4. The average Bonchev–Trinajstić information content (AvgIpc) is 3.00. The van der Waals surface area contributed by atoms with Gasteiger partial charge in [-0.25, -0.2) is 0 Å². The van der Waals surface area contributed by atoms with Crippen LogP contribution in [0.4, 0.5) is 0 Å². The molecular formula is C23H26N2O3S. The topological polar surface area (TPSA) is 60.7 Å². The fraction of sp³-hybridized carbons (Fsp3) is 0.348. The molecule has 3 rings (SSSR count). The van der Waals surface area contributed by atoms with Crippen LogP contribution in [0.5, 0.6) is 0 Å². The van der Waals surface area contributed by atoms with Crippen molar-refractivity contribution >= 4 is 33.4 Å². The normalized spacial score (nSPS) is 11.8. The van der Waals surface area contributed by atoms with Crippen molar-refractivity contribution in [3.05, 3.63) is 63.5 Å². The Hall–Kier alpha value is -2.73. The molecule has 0 aliphatic rings. The Kier molecular flexibility index (Phi) is 6.64. The zero-order valence-corrected chi connectivity index (χ0v) is 18.1. The minimum absolute atomic E-state index is 0.0368. The third-order valence-electron chi connectivity index (χ3n) is 4.89. The molecule has 1 heterocycles. The third kappa shape index (κ3) is 5.01. The van der Waals surface area contributed by atoms with Gasteiger partial charge in [0.1, 0.15) is 6.54 Å². The summed E-state index contributed by atoms with van der Waals surface area (Å²) in [5.74, 6) is -0.567. The number of benzene rings is 2. The molecule has 0 bridgehead atoms. The van der Waals surface area contributed by atoms with Crippen LogP contribution in [-0.2, 0) is 33.7 Å². The van der Waals surface area contributed by atoms with Gasteiger partial charge in [0, 0.05) is 0 Å². The molecule has 0 saturated carbocycles. The van der Waals surface area contributed by atoms with Gasteiger partial charge < -0.3 is 9.30 Å². The van der Waals surface area contributed by atoms with Crippen LogP contribution in [0.1, 0.15) is 36.1 Å². The summed E-state index contributed by atoms with van der Waals surface area (Å²) < 4.78 is 7.89. The number of ether oxygens (including phenoxy) is 1. The molecule has 0 spiro atoms. The molecule has 0 N–H and O–H groups in total. The molecule has 0 radical (unpaired) electrons. The Bertz CT molecular complexity index is 1120. The number of amides is 1. The first-order chi connectivity index (χ1) is 13.9. The Morgan fingerprint density at radius 2 is 1.79 bits per heavy atom. The summed E-state index contributed by atoms with van der Waals surface area (Å²) >= 11 is 1.43. The summed E-state index contributed by atoms with van der Waals surface area (Å²) in [6, 6.07) is 12.1. The lowest BCUT2D eigenvalue weighted by Crippen LogP contribution is -2.23. The molecule has 0 unspecified atom stereocenters. The maximum absolute atomic E-state index is 12.7. The second kappa shape index (κ2) is 9.18. The summed E-state index contributed by atoms with van der Waals surface area (Å²) in [6.07, 6.45) is 1.15. The predicted molar refractivity (Wildman–Crippen MR) is 116 cm³/mol. The van der Waals surface area contributed by atoms with Gasteiger partial charge in [0.05, 0.1) is 23.2 Å². The van der Waals surface area contributed by atoms with Crippen LogP contribution >= 0.6 is 11.3 Å². The maximum Gasteiger partial charge on any atom is 0.326 e. The number of fused-ring (bicyclic) bond motifs is 1. The highest BCUT2D eigenvalue weighted by Gasteiger charge is 2.13. The first-order valence-electron chi connectivity index (χ1n) is 9.82. The molecular weight excluding hydrogens is 384 g/mol. The van der Waals surface area contributed by atoms with Crippen molar-refractivity contribution in [2.75, 3.05) is 6.61 Å². The molecule has 0 aliphatic carbocycles. The van der Waals surface area contributed by atoms with E-state index in [2.05, 4.69) is 18.0 Å². The van der Waals surface area contributed by atoms with E-state index in [-0.39, 0.29) is 24.8 Å². The molecule has 0 atom stereocenters. The van der Waals surface area contributed by atoms with Gasteiger partial charge in [-0.2, -0.15) is 4.99 Å². The number of aryl methyl sites for hydroxylation is 3. The number of carbonyl (C=O) groups excluding carboxylic acids is 2. The van der Waals surface area contributed by atoms with Crippen LogP contribution in [0.15, 0.2) is 41.4 Å². The Morgan fingerprint density at radius 1 is 1.03 bits per heavy atom. The molecule has 152 valence electrons. The van der Waals surface area contributed by atoms with E-state index in [0.29, 0.717) is 11.4 Å². The Labute approximate surface area is 174 Å². The lowest BCUT2D eigenvalue weighted by molar-refractivity contribution is -0.143. The Morgan fingerprint density at radius 3 is 2.48 bits per heavy atom. The van der Waals surface area contributed by atoms with Crippen molar-refractivity contribution < 1.29 is 14.3 Å². The molecule has 0 fully saturated rings. The van der Waals surface area contributed by atoms with E-state index >= 15 is 0 Å². The van der Waals surface area contributed by atoms with Gasteiger partial charge in [0.2, 0.25) is 0 Å². The average molecular weight is 411 g/mol. The minimum atomic E-state index is -0.338. The van der Waals surface area contributed by atoms with E-state index in [0.717, 1.165) is 27.8 Å². The standard InChI is InChI=1S/C23H26N2O3S/c1-5-17-9-10-19-20(12-17)29-23(25(19)14-22(27)28-6-2)24-21(26)13-18-8-7-15(3)16(4)11-18/h7-12H,5-6,13-14H2,1-4H3.